The van der Waals surface area contributed by atoms with Crippen molar-refractivity contribution in [2.45, 2.75) is 38.0 Å². The van der Waals surface area contributed by atoms with E-state index in [0.29, 0.717) is 19.5 Å². The van der Waals surface area contributed by atoms with Crippen molar-refractivity contribution in [1.82, 2.24) is 10.2 Å². The van der Waals surface area contributed by atoms with Crippen LogP contribution in [-0.2, 0) is 0 Å². The first kappa shape index (κ1) is 18.8. The monoisotopic (exact) mass is 324 g/mol. The van der Waals surface area contributed by atoms with Crippen molar-refractivity contribution in [1.29, 1.82) is 0 Å². The third-order valence-electron chi connectivity index (χ3n) is 3.18. The molecule has 0 aliphatic heterocycles. The van der Waals surface area contributed by atoms with Crippen LogP contribution < -0.4 is 5.32 Å². The molecule has 0 bridgehead atoms. The largest absolute Gasteiger partial charge is 0.388 e. The molecule has 1 rings (SSSR count). The molecule has 0 radical (unpaired) electrons. The van der Waals surface area contributed by atoms with Gasteiger partial charge in [-0.25, -0.2) is 4.79 Å². The van der Waals surface area contributed by atoms with E-state index in [9.17, 15) is 9.90 Å². The van der Waals surface area contributed by atoms with E-state index in [1.165, 1.54) is 0 Å². The lowest BCUT2D eigenvalue weighted by molar-refractivity contribution is 0.150. The van der Waals surface area contributed by atoms with E-state index in [4.69, 9.17) is 0 Å². The fourth-order valence-corrected chi connectivity index (χ4v) is 2.73. The second kappa shape index (κ2) is 9.06. The molecule has 0 saturated heterocycles. The number of nitrogens with zero attached hydrogens (tertiary/aromatic N) is 1. The summed E-state index contributed by atoms with van der Waals surface area (Å²) in [7, 11) is 1.75. The van der Waals surface area contributed by atoms with Crippen LogP contribution in [0, 0.1) is 0 Å². The van der Waals surface area contributed by atoms with Gasteiger partial charge in [0.05, 0.1) is 6.10 Å². The van der Waals surface area contributed by atoms with Gasteiger partial charge in [0, 0.05) is 30.6 Å². The summed E-state index contributed by atoms with van der Waals surface area (Å²) in [5.41, 5.74) is 0.887. The Balaban J connectivity index is 2.24. The number of carbonyl (C=O) groups excluding carboxylic acids is 1. The van der Waals surface area contributed by atoms with Gasteiger partial charge in [0.15, 0.2) is 0 Å². The van der Waals surface area contributed by atoms with Crippen molar-refractivity contribution in [3.8, 4) is 0 Å². The molecular formula is C17H28N2O2S. The van der Waals surface area contributed by atoms with Gasteiger partial charge in [0.1, 0.15) is 0 Å². The predicted molar refractivity (Wildman–Crippen MR) is 94.3 cm³/mol. The first-order chi connectivity index (χ1) is 10.3. The fraction of sp³-hybridized carbons (Fsp3) is 0.588. The summed E-state index contributed by atoms with van der Waals surface area (Å²) < 4.78 is 0.219. The number of rotatable bonds is 7. The van der Waals surface area contributed by atoms with Crippen molar-refractivity contribution >= 4 is 17.8 Å². The Morgan fingerprint density at radius 3 is 2.55 bits per heavy atom. The maximum Gasteiger partial charge on any atom is 0.317 e. The number of aliphatic hydroxyl groups excluding tert-OH is 1. The first-order valence-corrected chi connectivity index (χ1v) is 8.64. The van der Waals surface area contributed by atoms with Gasteiger partial charge in [0.2, 0.25) is 0 Å². The topological polar surface area (TPSA) is 52.6 Å². The number of carbonyl (C=O) groups is 1. The molecule has 1 aromatic carbocycles. The fourth-order valence-electron chi connectivity index (χ4n) is 1.91. The Labute approximate surface area is 138 Å². The minimum absolute atomic E-state index is 0.0882. The molecule has 4 nitrogen and oxygen atoms in total. The van der Waals surface area contributed by atoms with Crippen molar-refractivity contribution in [2.75, 3.05) is 25.9 Å². The predicted octanol–water partition coefficient (Wildman–Crippen LogP) is 3.28. The molecular weight excluding hydrogens is 296 g/mol. The molecule has 0 aliphatic carbocycles. The third kappa shape index (κ3) is 7.71. The van der Waals surface area contributed by atoms with E-state index < -0.39 is 6.10 Å². The maximum atomic E-state index is 11.9. The van der Waals surface area contributed by atoms with E-state index in [-0.39, 0.29) is 10.8 Å². The van der Waals surface area contributed by atoms with E-state index in [1.54, 1.807) is 11.9 Å². The summed E-state index contributed by atoms with van der Waals surface area (Å²) in [6.07, 6.45) is -0.00194. The quantitative estimate of drug-likeness (QED) is 0.757. The van der Waals surface area contributed by atoms with Crippen LogP contribution in [0.15, 0.2) is 30.3 Å². The van der Waals surface area contributed by atoms with Crippen LogP contribution >= 0.6 is 11.8 Å². The normalized spacial score (nSPS) is 12.8. The zero-order chi connectivity index (χ0) is 16.6. The lowest BCUT2D eigenvalue weighted by Gasteiger charge is -2.21. The highest BCUT2D eigenvalue weighted by molar-refractivity contribution is 8.00. The molecule has 5 heteroatoms. The van der Waals surface area contributed by atoms with Crippen LogP contribution in [-0.4, -0.2) is 46.7 Å². The molecule has 2 amide bonds. The summed E-state index contributed by atoms with van der Waals surface area (Å²) in [4.78, 5) is 13.6. The van der Waals surface area contributed by atoms with Crippen molar-refractivity contribution < 1.29 is 9.90 Å². The SMILES string of the molecule is CN(CC[C@H](O)c1ccccc1)C(=O)NCCSC(C)(C)C. The number of hydrogen-bond donors (Lipinski definition) is 2. The molecule has 0 unspecified atom stereocenters. The molecule has 0 spiro atoms. The first-order valence-electron chi connectivity index (χ1n) is 7.65. The Morgan fingerprint density at radius 1 is 1.32 bits per heavy atom. The number of amides is 2. The summed E-state index contributed by atoms with van der Waals surface area (Å²) in [5, 5.41) is 13.0. The molecule has 0 heterocycles. The van der Waals surface area contributed by atoms with Gasteiger partial charge in [0.25, 0.3) is 0 Å². The summed E-state index contributed by atoms with van der Waals surface area (Å²) in [5.74, 6) is 0.899. The second-order valence-corrected chi connectivity index (χ2v) is 8.25. The van der Waals surface area contributed by atoms with Crippen LogP contribution in [0.25, 0.3) is 0 Å². The molecule has 1 aromatic rings. The second-order valence-electron chi connectivity index (χ2n) is 6.33. The van der Waals surface area contributed by atoms with Crippen LogP contribution in [0.4, 0.5) is 4.79 Å². The number of thioether (sulfide) groups is 1. The Morgan fingerprint density at radius 2 is 1.95 bits per heavy atom. The van der Waals surface area contributed by atoms with Crippen LogP contribution in [0.5, 0.6) is 0 Å². The number of benzene rings is 1. The number of urea groups is 1. The Kier molecular flexibility index (Phi) is 7.76. The van der Waals surface area contributed by atoms with Crippen molar-refractivity contribution in [3.63, 3.8) is 0 Å². The van der Waals surface area contributed by atoms with Crippen LogP contribution in [0.3, 0.4) is 0 Å². The van der Waals surface area contributed by atoms with E-state index >= 15 is 0 Å². The molecule has 124 valence electrons. The van der Waals surface area contributed by atoms with Crippen LogP contribution in [0.2, 0.25) is 0 Å². The van der Waals surface area contributed by atoms with E-state index in [1.807, 2.05) is 42.1 Å². The molecule has 0 aromatic heterocycles. The highest BCUT2D eigenvalue weighted by atomic mass is 32.2. The van der Waals surface area contributed by atoms with Gasteiger partial charge in [-0.15, -0.1) is 0 Å². The molecule has 0 saturated carbocycles. The zero-order valence-electron chi connectivity index (χ0n) is 14.0. The highest BCUT2D eigenvalue weighted by Gasteiger charge is 2.13. The van der Waals surface area contributed by atoms with Gasteiger partial charge in [-0.05, 0) is 12.0 Å². The lowest BCUT2D eigenvalue weighted by Crippen LogP contribution is -2.39. The van der Waals surface area contributed by atoms with Gasteiger partial charge >= 0.3 is 6.03 Å². The highest BCUT2D eigenvalue weighted by Crippen LogP contribution is 2.22. The molecule has 1 atom stereocenters. The van der Waals surface area contributed by atoms with Gasteiger partial charge in [-0.1, -0.05) is 51.1 Å². The number of aliphatic hydroxyl groups is 1. The maximum absolute atomic E-state index is 11.9. The van der Waals surface area contributed by atoms with Gasteiger partial charge in [-0.3, -0.25) is 0 Å². The Hall–Kier alpha value is -1.20. The van der Waals surface area contributed by atoms with E-state index in [2.05, 4.69) is 26.1 Å². The van der Waals surface area contributed by atoms with Gasteiger partial charge in [-0.2, -0.15) is 11.8 Å². The van der Waals surface area contributed by atoms with Crippen molar-refractivity contribution in [2.24, 2.45) is 0 Å². The van der Waals surface area contributed by atoms with Gasteiger partial charge < -0.3 is 15.3 Å². The smallest absolute Gasteiger partial charge is 0.317 e. The summed E-state index contributed by atoms with van der Waals surface area (Å²) in [6.45, 7) is 7.67. The zero-order valence-corrected chi connectivity index (χ0v) is 14.8. The van der Waals surface area contributed by atoms with Crippen molar-refractivity contribution in [3.05, 3.63) is 35.9 Å². The summed E-state index contributed by atoms with van der Waals surface area (Å²) in [6, 6.07) is 9.44. The number of nitrogens with one attached hydrogen (secondary N) is 1. The third-order valence-corrected chi connectivity index (χ3v) is 4.46. The molecule has 0 aliphatic rings. The molecule has 0 fully saturated rings. The Bertz CT molecular complexity index is 446. The van der Waals surface area contributed by atoms with Crippen LogP contribution in [0.1, 0.15) is 38.9 Å². The summed E-state index contributed by atoms with van der Waals surface area (Å²) >= 11 is 1.83. The standard InChI is InChI=1S/C17H28N2O2S/c1-17(2,3)22-13-11-18-16(21)19(4)12-10-15(20)14-8-6-5-7-9-14/h5-9,15,20H,10-13H2,1-4H3,(H,18,21)/t15-/m0/s1. The molecule has 22 heavy (non-hydrogen) atoms. The minimum Gasteiger partial charge on any atom is -0.388 e. The lowest BCUT2D eigenvalue weighted by atomic mass is 10.1. The average molecular weight is 324 g/mol. The minimum atomic E-state index is -0.534. The number of hydrogen-bond acceptors (Lipinski definition) is 3. The average Bonchev–Trinajstić information content (AvgIpc) is 2.48. The van der Waals surface area contributed by atoms with E-state index in [0.717, 1.165) is 11.3 Å². The molecule has 2 N–H and O–H groups in total.